The van der Waals surface area contributed by atoms with E-state index in [9.17, 15) is 23.3 Å². The highest BCUT2D eigenvalue weighted by Crippen LogP contribution is 2.26. The summed E-state index contributed by atoms with van der Waals surface area (Å²) in [7, 11) is -3.71. The lowest BCUT2D eigenvalue weighted by atomic mass is 10.1. The van der Waals surface area contributed by atoms with Crippen LogP contribution >= 0.6 is 0 Å². The molecule has 1 N–H and O–H groups in total. The second-order valence-corrected chi connectivity index (χ2v) is 8.46. The molecule has 0 fully saturated rings. The summed E-state index contributed by atoms with van der Waals surface area (Å²) in [5, 5.41) is 14.8. The van der Waals surface area contributed by atoms with Gasteiger partial charge in [0.2, 0.25) is 10.0 Å². The fourth-order valence-corrected chi connectivity index (χ4v) is 3.75. The van der Waals surface area contributed by atoms with Crippen LogP contribution in [0.1, 0.15) is 23.6 Å². The van der Waals surface area contributed by atoms with Gasteiger partial charge in [-0.2, -0.15) is 5.10 Å². The zero-order valence-corrected chi connectivity index (χ0v) is 17.4. The quantitative estimate of drug-likeness (QED) is 0.421. The molecule has 0 radical (unpaired) electrons. The Kier molecular flexibility index (Phi) is 6.70. The highest BCUT2D eigenvalue weighted by atomic mass is 32.2. The first-order chi connectivity index (χ1) is 13.5. The van der Waals surface area contributed by atoms with E-state index in [1.54, 1.807) is 45.0 Å². The molecular formula is C19H22N4O5S. The number of sulfonamides is 1. The van der Waals surface area contributed by atoms with E-state index in [4.69, 9.17) is 0 Å². The van der Waals surface area contributed by atoms with E-state index >= 15 is 0 Å². The minimum absolute atomic E-state index is 0.0957. The van der Waals surface area contributed by atoms with Crippen LogP contribution in [-0.2, 0) is 14.8 Å². The number of aryl methyl sites for hydroxylation is 2. The molecule has 0 bridgehead atoms. The van der Waals surface area contributed by atoms with E-state index in [0.717, 1.165) is 21.7 Å². The highest BCUT2D eigenvalue weighted by molar-refractivity contribution is 7.92. The number of hydrazone groups is 1. The first-order valence-electron chi connectivity index (χ1n) is 8.62. The van der Waals surface area contributed by atoms with Crippen LogP contribution in [0.5, 0.6) is 0 Å². The van der Waals surface area contributed by atoms with E-state index in [1.165, 1.54) is 18.2 Å². The maximum absolute atomic E-state index is 12.4. The number of carbonyl (C=O) groups excluding carboxylic acids is 1. The average molecular weight is 418 g/mol. The number of hydrogen-bond acceptors (Lipinski definition) is 6. The van der Waals surface area contributed by atoms with Gasteiger partial charge < -0.3 is 0 Å². The van der Waals surface area contributed by atoms with Crippen molar-refractivity contribution in [1.29, 1.82) is 0 Å². The molecule has 0 atom stereocenters. The van der Waals surface area contributed by atoms with Crippen molar-refractivity contribution < 1.29 is 18.1 Å². The maximum atomic E-state index is 12.4. The van der Waals surface area contributed by atoms with Crippen molar-refractivity contribution >= 4 is 33.0 Å². The molecule has 9 nitrogen and oxygen atoms in total. The number of anilines is 1. The van der Waals surface area contributed by atoms with Gasteiger partial charge in [-0.25, -0.2) is 13.8 Å². The SMILES string of the molecule is CC(=NNC(=O)CN(c1c(C)cccc1C)S(C)(=O)=O)c1cccc([N+](=O)[O-])c1. The summed E-state index contributed by atoms with van der Waals surface area (Å²) in [6, 6.07) is 11.2. The summed E-state index contributed by atoms with van der Waals surface area (Å²) in [5.74, 6) is -0.636. The van der Waals surface area contributed by atoms with Crippen LogP contribution in [0.4, 0.5) is 11.4 Å². The van der Waals surface area contributed by atoms with Crippen molar-refractivity contribution in [2.45, 2.75) is 20.8 Å². The Morgan fingerprint density at radius 2 is 1.76 bits per heavy atom. The van der Waals surface area contributed by atoms with E-state index in [-0.39, 0.29) is 5.69 Å². The molecule has 0 aliphatic rings. The first-order valence-corrected chi connectivity index (χ1v) is 10.5. The molecule has 0 aliphatic carbocycles. The standard InChI is InChI=1S/C19H22N4O5S/c1-13-7-5-8-14(2)19(13)22(29(4,27)28)12-18(24)21-20-15(3)16-9-6-10-17(11-16)23(25)26/h5-11H,12H2,1-4H3,(H,21,24). The summed E-state index contributed by atoms with van der Waals surface area (Å²) < 4.78 is 25.6. The third-order valence-corrected chi connectivity index (χ3v) is 5.31. The van der Waals surface area contributed by atoms with E-state index in [1.807, 2.05) is 0 Å². The van der Waals surface area contributed by atoms with E-state index in [0.29, 0.717) is 17.0 Å². The van der Waals surface area contributed by atoms with Gasteiger partial charge >= 0.3 is 0 Å². The molecule has 0 unspecified atom stereocenters. The minimum atomic E-state index is -3.71. The third kappa shape index (κ3) is 5.61. The molecule has 0 aromatic heterocycles. The van der Waals surface area contributed by atoms with Crippen LogP contribution in [0.15, 0.2) is 47.6 Å². The fraction of sp³-hybridized carbons (Fsp3) is 0.263. The fourth-order valence-electron chi connectivity index (χ4n) is 2.78. The predicted octanol–water partition coefficient (Wildman–Crippen LogP) is 2.52. The monoisotopic (exact) mass is 418 g/mol. The highest BCUT2D eigenvalue weighted by Gasteiger charge is 2.23. The number of carbonyl (C=O) groups is 1. The van der Waals surface area contributed by atoms with Crippen LogP contribution in [0, 0.1) is 24.0 Å². The molecule has 2 aromatic carbocycles. The summed E-state index contributed by atoms with van der Waals surface area (Å²) >= 11 is 0. The molecule has 10 heteroatoms. The number of amides is 1. The summed E-state index contributed by atoms with van der Waals surface area (Å²) in [4.78, 5) is 22.7. The summed E-state index contributed by atoms with van der Waals surface area (Å²) in [5.41, 5.74) is 4.92. The van der Waals surface area contributed by atoms with Gasteiger partial charge in [0, 0.05) is 17.7 Å². The zero-order chi connectivity index (χ0) is 21.8. The molecule has 0 saturated carbocycles. The van der Waals surface area contributed by atoms with Gasteiger partial charge in [0.25, 0.3) is 11.6 Å². The van der Waals surface area contributed by atoms with Gasteiger partial charge in [0.15, 0.2) is 0 Å². The molecule has 29 heavy (non-hydrogen) atoms. The number of benzene rings is 2. The van der Waals surface area contributed by atoms with Gasteiger partial charge in [-0.3, -0.25) is 19.2 Å². The Morgan fingerprint density at radius 3 is 2.31 bits per heavy atom. The zero-order valence-electron chi connectivity index (χ0n) is 16.5. The van der Waals surface area contributed by atoms with E-state index in [2.05, 4.69) is 10.5 Å². The molecule has 1 amide bonds. The van der Waals surface area contributed by atoms with Crippen molar-refractivity contribution in [2.75, 3.05) is 17.1 Å². The number of para-hydroxylation sites is 1. The molecule has 0 heterocycles. The van der Waals surface area contributed by atoms with Crippen molar-refractivity contribution in [1.82, 2.24) is 5.43 Å². The van der Waals surface area contributed by atoms with Crippen molar-refractivity contribution in [2.24, 2.45) is 5.10 Å². The Bertz CT molecular complexity index is 1060. The van der Waals surface area contributed by atoms with Crippen LogP contribution in [0.2, 0.25) is 0 Å². The third-order valence-electron chi connectivity index (χ3n) is 4.20. The first kappa shape index (κ1) is 22.0. The number of non-ortho nitro benzene ring substituents is 1. The van der Waals surface area contributed by atoms with Gasteiger partial charge in [-0.1, -0.05) is 30.3 Å². The molecule has 0 saturated heterocycles. The summed E-state index contributed by atoms with van der Waals surface area (Å²) in [6.07, 6.45) is 1.03. The van der Waals surface area contributed by atoms with Gasteiger partial charge in [0.1, 0.15) is 6.54 Å². The second-order valence-electron chi connectivity index (χ2n) is 6.55. The van der Waals surface area contributed by atoms with Gasteiger partial charge in [-0.15, -0.1) is 0 Å². The second kappa shape index (κ2) is 8.82. The average Bonchev–Trinajstić information content (AvgIpc) is 2.64. The molecular weight excluding hydrogens is 396 g/mol. The number of nitro benzene ring substituents is 1. The number of nitrogens with one attached hydrogen (secondary N) is 1. The normalized spacial score (nSPS) is 11.8. The van der Waals surface area contributed by atoms with Crippen molar-refractivity contribution in [3.63, 3.8) is 0 Å². The number of rotatable bonds is 7. The van der Waals surface area contributed by atoms with E-state index < -0.39 is 27.4 Å². The van der Waals surface area contributed by atoms with Crippen LogP contribution in [0.25, 0.3) is 0 Å². The van der Waals surface area contributed by atoms with Crippen LogP contribution in [0.3, 0.4) is 0 Å². The van der Waals surface area contributed by atoms with Crippen LogP contribution < -0.4 is 9.73 Å². The molecule has 0 aliphatic heterocycles. The minimum Gasteiger partial charge on any atom is -0.271 e. The topological polar surface area (TPSA) is 122 Å². The van der Waals surface area contributed by atoms with Gasteiger partial charge in [-0.05, 0) is 31.9 Å². The lowest BCUT2D eigenvalue weighted by molar-refractivity contribution is -0.384. The number of nitrogens with zero attached hydrogens (tertiary/aromatic N) is 3. The molecule has 2 aromatic rings. The Labute approximate surface area is 169 Å². The van der Waals surface area contributed by atoms with Crippen LogP contribution in [-0.4, -0.2) is 37.8 Å². The number of hydrogen-bond donors (Lipinski definition) is 1. The largest absolute Gasteiger partial charge is 0.271 e. The lowest BCUT2D eigenvalue weighted by Gasteiger charge is -2.25. The van der Waals surface area contributed by atoms with Crippen molar-refractivity contribution in [3.05, 3.63) is 69.3 Å². The molecule has 154 valence electrons. The smallest absolute Gasteiger partial charge is 0.270 e. The van der Waals surface area contributed by atoms with Crippen molar-refractivity contribution in [3.8, 4) is 0 Å². The predicted molar refractivity (Wildman–Crippen MR) is 112 cm³/mol. The Morgan fingerprint density at radius 1 is 1.17 bits per heavy atom. The Hall–Kier alpha value is -3.27. The lowest BCUT2D eigenvalue weighted by Crippen LogP contribution is -2.40. The number of nitro groups is 1. The Balaban J connectivity index is 2.22. The van der Waals surface area contributed by atoms with Gasteiger partial charge in [0.05, 0.1) is 22.6 Å². The molecule has 0 spiro atoms. The summed E-state index contributed by atoms with van der Waals surface area (Å²) in [6.45, 7) is 4.67. The maximum Gasteiger partial charge on any atom is 0.270 e. The molecule has 2 rings (SSSR count).